The van der Waals surface area contributed by atoms with E-state index in [1.807, 2.05) is 0 Å². The number of aliphatic hydroxyl groups excluding tert-OH is 1. The quantitative estimate of drug-likeness (QED) is 0.582. The third kappa shape index (κ3) is 2.09. The Morgan fingerprint density at radius 2 is 2.00 bits per heavy atom. The highest BCUT2D eigenvalue weighted by molar-refractivity contribution is 5.97. The molecule has 0 bridgehead atoms. The number of benzene rings is 1. The van der Waals surface area contributed by atoms with Gasteiger partial charge in [-0.25, -0.2) is 0 Å². The standard InChI is InChI=1S/C11H13NO4/c13-7-1-2-9(10(15)5-7)11(16)12-6-3-8(14)4-6/h1-2,5-6,8,13-15H,3-4H2,(H,12,16). The lowest BCUT2D eigenvalue weighted by Crippen LogP contribution is -2.46. The van der Waals surface area contributed by atoms with Gasteiger partial charge in [0.15, 0.2) is 0 Å². The van der Waals surface area contributed by atoms with Crippen molar-refractivity contribution in [1.82, 2.24) is 5.32 Å². The van der Waals surface area contributed by atoms with Gasteiger partial charge in [0, 0.05) is 12.1 Å². The third-order valence-electron chi connectivity index (χ3n) is 2.67. The first-order valence-corrected chi connectivity index (χ1v) is 5.07. The maximum Gasteiger partial charge on any atom is 0.255 e. The minimum absolute atomic E-state index is 0.0318. The zero-order valence-corrected chi connectivity index (χ0v) is 8.55. The molecule has 1 aromatic carbocycles. The molecule has 1 amide bonds. The second-order valence-corrected chi connectivity index (χ2v) is 4.00. The molecule has 1 aromatic rings. The zero-order valence-electron chi connectivity index (χ0n) is 8.55. The second kappa shape index (κ2) is 4.02. The summed E-state index contributed by atoms with van der Waals surface area (Å²) in [6, 6.07) is 3.78. The molecule has 0 saturated heterocycles. The van der Waals surface area contributed by atoms with Gasteiger partial charge in [-0.2, -0.15) is 0 Å². The average molecular weight is 223 g/mol. The van der Waals surface area contributed by atoms with Crippen LogP contribution in [-0.2, 0) is 0 Å². The number of aliphatic hydroxyl groups is 1. The van der Waals surface area contributed by atoms with Gasteiger partial charge >= 0.3 is 0 Å². The molecule has 16 heavy (non-hydrogen) atoms. The lowest BCUT2D eigenvalue weighted by Gasteiger charge is -2.31. The van der Waals surface area contributed by atoms with Gasteiger partial charge in [0.1, 0.15) is 11.5 Å². The number of aromatic hydroxyl groups is 2. The Hall–Kier alpha value is -1.75. The minimum Gasteiger partial charge on any atom is -0.508 e. The molecule has 1 aliphatic rings. The first-order chi connectivity index (χ1) is 7.56. The molecule has 1 aliphatic carbocycles. The van der Waals surface area contributed by atoms with E-state index in [4.69, 9.17) is 10.2 Å². The van der Waals surface area contributed by atoms with Gasteiger partial charge in [0.2, 0.25) is 0 Å². The summed E-state index contributed by atoms with van der Waals surface area (Å²) in [4.78, 5) is 11.7. The van der Waals surface area contributed by atoms with Crippen molar-refractivity contribution in [3.63, 3.8) is 0 Å². The van der Waals surface area contributed by atoms with Crippen molar-refractivity contribution in [2.24, 2.45) is 0 Å². The molecular weight excluding hydrogens is 210 g/mol. The minimum atomic E-state index is -0.394. The Morgan fingerprint density at radius 1 is 1.31 bits per heavy atom. The van der Waals surface area contributed by atoms with E-state index in [0.29, 0.717) is 12.8 Å². The van der Waals surface area contributed by atoms with Crippen LogP contribution in [0, 0.1) is 0 Å². The predicted molar refractivity (Wildman–Crippen MR) is 56.3 cm³/mol. The van der Waals surface area contributed by atoms with Crippen molar-refractivity contribution in [1.29, 1.82) is 0 Å². The van der Waals surface area contributed by atoms with E-state index in [9.17, 15) is 9.90 Å². The molecule has 0 aromatic heterocycles. The van der Waals surface area contributed by atoms with Crippen molar-refractivity contribution in [3.8, 4) is 11.5 Å². The molecule has 0 aliphatic heterocycles. The molecule has 4 N–H and O–H groups in total. The number of hydrogen-bond donors (Lipinski definition) is 4. The Kier molecular flexibility index (Phi) is 2.70. The Labute approximate surface area is 92.3 Å². The second-order valence-electron chi connectivity index (χ2n) is 4.00. The Morgan fingerprint density at radius 3 is 2.56 bits per heavy atom. The number of phenolic OH excluding ortho intramolecular Hbond substituents is 2. The van der Waals surface area contributed by atoms with Crippen LogP contribution >= 0.6 is 0 Å². The summed E-state index contributed by atoms with van der Waals surface area (Å²) in [5.74, 6) is -0.736. The van der Waals surface area contributed by atoms with Crippen LogP contribution in [0.5, 0.6) is 11.5 Å². The summed E-state index contributed by atoms with van der Waals surface area (Å²) in [5.41, 5.74) is 0.124. The van der Waals surface area contributed by atoms with Crippen LogP contribution in [0.3, 0.4) is 0 Å². The molecule has 0 spiro atoms. The van der Waals surface area contributed by atoms with Gasteiger partial charge in [-0.3, -0.25) is 4.79 Å². The molecule has 2 rings (SSSR count). The number of carbonyl (C=O) groups is 1. The summed E-state index contributed by atoms with van der Waals surface area (Å²) in [6.45, 7) is 0. The van der Waals surface area contributed by atoms with Crippen LogP contribution in [-0.4, -0.2) is 33.4 Å². The number of hydrogen-bond acceptors (Lipinski definition) is 4. The van der Waals surface area contributed by atoms with E-state index in [1.54, 1.807) is 0 Å². The average Bonchev–Trinajstić information content (AvgIpc) is 2.15. The molecule has 0 radical (unpaired) electrons. The predicted octanol–water partition coefficient (Wildman–Crippen LogP) is 0.351. The fourth-order valence-electron chi connectivity index (χ4n) is 1.68. The van der Waals surface area contributed by atoms with Gasteiger partial charge in [-0.1, -0.05) is 0 Å². The molecular formula is C11H13NO4. The highest BCUT2D eigenvalue weighted by Gasteiger charge is 2.29. The summed E-state index contributed by atoms with van der Waals surface area (Å²) in [5, 5.41) is 30.3. The number of nitrogens with one attached hydrogen (secondary N) is 1. The SMILES string of the molecule is O=C(NC1CC(O)C1)c1ccc(O)cc1O. The van der Waals surface area contributed by atoms with Gasteiger partial charge in [0.25, 0.3) is 5.91 Å². The first-order valence-electron chi connectivity index (χ1n) is 5.07. The first kappa shape index (κ1) is 10.8. The highest BCUT2D eigenvalue weighted by Crippen LogP contribution is 2.24. The monoisotopic (exact) mass is 223 g/mol. The highest BCUT2D eigenvalue weighted by atomic mass is 16.3. The van der Waals surface area contributed by atoms with E-state index in [-0.39, 0.29) is 29.2 Å². The van der Waals surface area contributed by atoms with Gasteiger partial charge in [-0.15, -0.1) is 0 Å². The van der Waals surface area contributed by atoms with Crippen molar-refractivity contribution in [3.05, 3.63) is 23.8 Å². The van der Waals surface area contributed by atoms with Crippen molar-refractivity contribution >= 4 is 5.91 Å². The van der Waals surface area contributed by atoms with Crippen LogP contribution in [0.4, 0.5) is 0 Å². The molecule has 5 nitrogen and oxygen atoms in total. The molecule has 0 atom stereocenters. The number of phenols is 2. The zero-order chi connectivity index (χ0) is 11.7. The Bertz CT molecular complexity index is 412. The van der Waals surface area contributed by atoms with Crippen molar-refractivity contribution < 1.29 is 20.1 Å². The molecule has 1 fully saturated rings. The Balaban J connectivity index is 2.03. The van der Waals surface area contributed by atoms with Gasteiger partial charge in [-0.05, 0) is 25.0 Å². The third-order valence-corrected chi connectivity index (χ3v) is 2.67. The molecule has 86 valence electrons. The molecule has 0 unspecified atom stereocenters. The van der Waals surface area contributed by atoms with Crippen LogP contribution in [0.1, 0.15) is 23.2 Å². The normalized spacial score (nSPS) is 23.6. The number of carbonyl (C=O) groups excluding carboxylic acids is 1. The van der Waals surface area contributed by atoms with E-state index in [2.05, 4.69) is 5.32 Å². The molecule has 1 saturated carbocycles. The van der Waals surface area contributed by atoms with Gasteiger partial charge in [0.05, 0.1) is 11.7 Å². The van der Waals surface area contributed by atoms with Crippen LogP contribution in [0.25, 0.3) is 0 Å². The van der Waals surface area contributed by atoms with Crippen LogP contribution in [0.2, 0.25) is 0 Å². The van der Waals surface area contributed by atoms with E-state index < -0.39 is 5.91 Å². The lowest BCUT2D eigenvalue weighted by atomic mass is 9.89. The summed E-state index contributed by atoms with van der Waals surface area (Å²) >= 11 is 0. The van der Waals surface area contributed by atoms with Crippen molar-refractivity contribution in [2.45, 2.75) is 25.0 Å². The number of rotatable bonds is 2. The fourth-order valence-corrected chi connectivity index (χ4v) is 1.68. The summed E-state index contributed by atoms with van der Waals surface area (Å²) in [7, 11) is 0. The topological polar surface area (TPSA) is 89.8 Å². The van der Waals surface area contributed by atoms with E-state index in [0.717, 1.165) is 6.07 Å². The van der Waals surface area contributed by atoms with Gasteiger partial charge < -0.3 is 20.6 Å². The van der Waals surface area contributed by atoms with Crippen LogP contribution < -0.4 is 5.32 Å². The van der Waals surface area contributed by atoms with E-state index >= 15 is 0 Å². The summed E-state index contributed by atoms with van der Waals surface area (Å²) < 4.78 is 0. The van der Waals surface area contributed by atoms with E-state index in [1.165, 1.54) is 12.1 Å². The maximum absolute atomic E-state index is 11.7. The fraction of sp³-hybridized carbons (Fsp3) is 0.364. The van der Waals surface area contributed by atoms with Crippen LogP contribution in [0.15, 0.2) is 18.2 Å². The smallest absolute Gasteiger partial charge is 0.255 e. The number of amides is 1. The lowest BCUT2D eigenvalue weighted by molar-refractivity contribution is 0.0562. The van der Waals surface area contributed by atoms with Crippen molar-refractivity contribution in [2.75, 3.05) is 0 Å². The summed E-state index contributed by atoms with van der Waals surface area (Å²) in [6.07, 6.45) is 0.758. The largest absolute Gasteiger partial charge is 0.508 e. The molecule has 0 heterocycles. The molecule has 5 heteroatoms. The maximum atomic E-state index is 11.7.